The molecular weight excluding hydrogens is 248 g/mol. The Morgan fingerprint density at radius 1 is 1.16 bits per heavy atom. The second-order valence-electron chi connectivity index (χ2n) is 3.64. The van der Waals surface area contributed by atoms with Crippen LogP contribution in [0.4, 0.5) is 0 Å². The number of hydrogen-bond acceptors (Lipinski definition) is 4. The van der Waals surface area contributed by atoms with E-state index >= 15 is 0 Å². The second kappa shape index (κ2) is 7.00. The number of aromatic carboxylic acids is 1. The molecule has 2 aromatic rings. The highest BCUT2D eigenvalue weighted by Gasteiger charge is 2.16. The van der Waals surface area contributed by atoms with Gasteiger partial charge in [0, 0.05) is 0 Å². The number of esters is 1. The van der Waals surface area contributed by atoms with E-state index in [2.05, 4.69) is 9.15 Å². The van der Waals surface area contributed by atoms with Crippen LogP contribution in [0.2, 0.25) is 0 Å². The lowest BCUT2D eigenvalue weighted by Gasteiger charge is -2.04. The number of furan rings is 1. The number of methoxy groups -OCH3 is 1. The van der Waals surface area contributed by atoms with Gasteiger partial charge in [-0.25, -0.2) is 9.59 Å². The number of hydrogen-bond donors (Lipinski definition) is 1. The molecule has 0 amide bonds. The SMILES string of the molecule is COC(=O)c1ccc(C)cc1C(=O)O.c1ccoc1. The fourth-order valence-corrected chi connectivity index (χ4v) is 1.35. The third-order valence-electron chi connectivity index (χ3n) is 2.24. The van der Waals surface area contributed by atoms with Gasteiger partial charge in [0.15, 0.2) is 0 Å². The summed E-state index contributed by atoms with van der Waals surface area (Å²) in [6.45, 7) is 1.76. The summed E-state index contributed by atoms with van der Waals surface area (Å²) < 4.78 is 9.05. The van der Waals surface area contributed by atoms with Crippen molar-refractivity contribution < 1.29 is 23.8 Å². The van der Waals surface area contributed by atoms with Crippen molar-refractivity contribution in [3.63, 3.8) is 0 Å². The van der Waals surface area contributed by atoms with E-state index in [9.17, 15) is 9.59 Å². The van der Waals surface area contributed by atoms with Crippen LogP contribution in [0.3, 0.4) is 0 Å². The number of carbonyl (C=O) groups is 2. The quantitative estimate of drug-likeness (QED) is 0.842. The van der Waals surface area contributed by atoms with E-state index in [0.717, 1.165) is 5.56 Å². The van der Waals surface area contributed by atoms with Crippen LogP contribution in [0.15, 0.2) is 47.3 Å². The van der Waals surface area contributed by atoms with Crippen molar-refractivity contribution in [3.8, 4) is 0 Å². The van der Waals surface area contributed by atoms with Crippen molar-refractivity contribution in [1.82, 2.24) is 0 Å². The summed E-state index contributed by atoms with van der Waals surface area (Å²) in [5, 5.41) is 8.83. The zero-order valence-corrected chi connectivity index (χ0v) is 10.6. The normalized spacial score (nSPS) is 9.16. The van der Waals surface area contributed by atoms with Crippen molar-refractivity contribution in [2.45, 2.75) is 6.92 Å². The molecule has 0 unspecified atom stereocenters. The first-order valence-electron chi connectivity index (χ1n) is 5.45. The third kappa shape index (κ3) is 4.31. The molecule has 1 N–H and O–H groups in total. The molecule has 0 bridgehead atoms. The zero-order chi connectivity index (χ0) is 14.3. The molecule has 0 fully saturated rings. The Labute approximate surface area is 110 Å². The number of rotatable bonds is 2. The van der Waals surface area contributed by atoms with Crippen LogP contribution >= 0.6 is 0 Å². The van der Waals surface area contributed by atoms with Gasteiger partial charge in [-0.2, -0.15) is 0 Å². The summed E-state index contributed by atoms with van der Waals surface area (Å²) in [5.41, 5.74) is 0.831. The monoisotopic (exact) mass is 262 g/mol. The summed E-state index contributed by atoms with van der Waals surface area (Å²) >= 11 is 0. The lowest BCUT2D eigenvalue weighted by Crippen LogP contribution is -2.10. The first-order chi connectivity index (χ1) is 9.06. The average molecular weight is 262 g/mol. The van der Waals surface area contributed by atoms with Crippen LogP contribution in [-0.4, -0.2) is 24.2 Å². The van der Waals surface area contributed by atoms with Crippen LogP contribution in [0.25, 0.3) is 0 Å². The van der Waals surface area contributed by atoms with Crippen LogP contribution < -0.4 is 0 Å². The predicted octanol–water partition coefficient (Wildman–Crippen LogP) is 2.76. The Bertz CT molecular complexity index is 526. The van der Waals surface area contributed by atoms with E-state index in [1.165, 1.54) is 19.2 Å². The lowest BCUT2D eigenvalue weighted by molar-refractivity contribution is 0.0582. The van der Waals surface area contributed by atoms with Gasteiger partial charge in [0.1, 0.15) is 0 Å². The fraction of sp³-hybridized carbons (Fsp3) is 0.143. The molecule has 1 aromatic heterocycles. The first-order valence-corrected chi connectivity index (χ1v) is 5.45. The van der Waals surface area contributed by atoms with E-state index in [1.54, 1.807) is 25.5 Å². The maximum absolute atomic E-state index is 11.2. The second-order valence-corrected chi connectivity index (χ2v) is 3.64. The number of aryl methyl sites for hydroxylation is 1. The molecule has 0 atom stereocenters. The molecule has 5 heteroatoms. The van der Waals surface area contributed by atoms with Crippen LogP contribution in [0.1, 0.15) is 26.3 Å². The highest BCUT2D eigenvalue weighted by molar-refractivity contribution is 6.02. The van der Waals surface area contributed by atoms with Crippen molar-refractivity contribution in [2.75, 3.05) is 7.11 Å². The maximum Gasteiger partial charge on any atom is 0.338 e. The number of benzene rings is 1. The van der Waals surface area contributed by atoms with Gasteiger partial charge < -0.3 is 14.3 Å². The first kappa shape index (κ1) is 14.5. The molecule has 19 heavy (non-hydrogen) atoms. The summed E-state index contributed by atoms with van der Waals surface area (Å²) in [4.78, 5) is 22.0. The molecule has 1 aromatic carbocycles. The number of carboxylic acid groups (broad SMARTS) is 1. The van der Waals surface area contributed by atoms with E-state index in [-0.39, 0.29) is 11.1 Å². The predicted molar refractivity (Wildman–Crippen MR) is 68.2 cm³/mol. The van der Waals surface area contributed by atoms with Gasteiger partial charge >= 0.3 is 11.9 Å². The smallest absolute Gasteiger partial charge is 0.338 e. The molecular formula is C14H14O5. The Kier molecular flexibility index (Phi) is 5.35. The minimum absolute atomic E-state index is 0.0307. The van der Waals surface area contributed by atoms with E-state index < -0.39 is 11.9 Å². The Balaban J connectivity index is 0.000000300. The highest BCUT2D eigenvalue weighted by Crippen LogP contribution is 2.12. The molecule has 0 saturated heterocycles. The minimum atomic E-state index is -1.13. The van der Waals surface area contributed by atoms with Gasteiger partial charge in [-0.1, -0.05) is 11.6 Å². The molecule has 2 rings (SSSR count). The van der Waals surface area contributed by atoms with Gasteiger partial charge in [-0.15, -0.1) is 0 Å². The molecule has 5 nitrogen and oxygen atoms in total. The van der Waals surface area contributed by atoms with Crippen molar-refractivity contribution >= 4 is 11.9 Å². The minimum Gasteiger partial charge on any atom is -0.478 e. The van der Waals surface area contributed by atoms with Crippen molar-refractivity contribution in [3.05, 3.63) is 59.5 Å². The van der Waals surface area contributed by atoms with Crippen LogP contribution in [0, 0.1) is 6.92 Å². The maximum atomic E-state index is 11.2. The van der Waals surface area contributed by atoms with Crippen molar-refractivity contribution in [1.29, 1.82) is 0 Å². The number of carboxylic acids is 1. The number of ether oxygens (including phenoxy) is 1. The van der Waals surface area contributed by atoms with Gasteiger partial charge in [-0.05, 0) is 31.2 Å². The molecule has 0 aliphatic heterocycles. The largest absolute Gasteiger partial charge is 0.478 e. The zero-order valence-electron chi connectivity index (χ0n) is 10.6. The molecule has 100 valence electrons. The molecule has 0 saturated carbocycles. The van der Waals surface area contributed by atoms with Crippen molar-refractivity contribution in [2.24, 2.45) is 0 Å². The molecule has 1 heterocycles. The molecule has 0 aliphatic carbocycles. The Hall–Kier alpha value is -2.56. The summed E-state index contributed by atoms with van der Waals surface area (Å²) in [5.74, 6) is -1.77. The van der Waals surface area contributed by atoms with Gasteiger partial charge in [-0.3, -0.25) is 0 Å². The fourth-order valence-electron chi connectivity index (χ4n) is 1.35. The van der Waals surface area contributed by atoms with Gasteiger partial charge in [0.05, 0.1) is 30.8 Å². The average Bonchev–Trinajstić information content (AvgIpc) is 2.96. The third-order valence-corrected chi connectivity index (χ3v) is 2.24. The summed E-state index contributed by atoms with van der Waals surface area (Å²) in [6.07, 6.45) is 3.25. The molecule has 0 aliphatic rings. The van der Waals surface area contributed by atoms with E-state index in [0.29, 0.717) is 0 Å². The van der Waals surface area contributed by atoms with E-state index in [4.69, 9.17) is 5.11 Å². The molecule has 0 radical (unpaired) electrons. The summed E-state index contributed by atoms with van der Waals surface area (Å²) in [7, 11) is 1.22. The van der Waals surface area contributed by atoms with Crippen LogP contribution in [-0.2, 0) is 4.74 Å². The number of carbonyl (C=O) groups excluding carboxylic acids is 1. The van der Waals surface area contributed by atoms with Gasteiger partial charge in [0.2, 0.25) is 0 Å². The van der Waals surface area contributed by atoms with E-state index in [1.807, 2.05) is 12.1 Å². The summed E-state index contributed by atoms with van der Waals surface area (Å²) in [6, 6.07) is 8.22. The topological polar surface area (TPSA) is 76.7 Å². The Morgan fingerprint density at radius 3 is 2.21 bits per heavy atom. The molecule has 0 spiro atoms. The Morgan fingerprint density at radius 2 is 1.79 bits per heavy atom. The standard InChI is InChI=1S/C10H10O4.C4H4O/c1-6-3-4-7(10(13)14-2)8(5-6)9(11)12;1-2-4-5-3-1/h3-5H,1-2H3,(H,11,12);1-4H. The highest BCUT2D eigenvalue weighted by atomic mass is 16.5. The lowest BCUT2D eigenvalue weighted by atomic mass is 10.0. The van der Waals surface area contributed by atoms with Crippen LogP contribution in [0.5, 0.6) is 0 Å². The van der Waals surface area contributed by atoms with Gasteiger partial charge in [0.25, 0.3) is 0 Å².